The first-order valence-corrected chi connectivity index (χ1v) is 8.93. The van der Waals surface area contributed by atoms with Gasteiger partial charge in [0.25, 0.3) is 11.6 Å². The highest BCUT2D eigenvalue weighted by Gasteiger charge is 2.55. The van der Waals surface area contributed by atoms with Crippen LogP contribution in [0.3, 0.4) is 0 Å². The molecular weight excluding hydrogens is 352 g/mol. The van der Waals surface area contributed by atoms with E-state index in [0.29, 0.717) is 12.0 Å². The summed E-state index contributed by atoms with van der Waals surface area (Å²) in [6, 6.07) is 3.75. The Bertz CT molecular complexity index is 824. The average molecular weight is 374 g/mol. The predicted octanol–water partition coefficient (Wildman–Crippen LogP) is 2.34. The van der Waals surface area contributed by atoms with Crippen molar-refractivity contribution in [2.45, 2.75) is 45.1 Å². The average Bonchev–Trinajstić information content (AvgIpc) is 2.84. The van der Waals surface area contributed by atoms with Crippen molar-refractivity contribution in [3.8, 4) is 0 Å². The first kappa shape index (κ1) is 18.8. The fourth-order valence-corrected chi connectivity index (χ4v) is 3.87. The van der Waals surface area contributed by atoms with Crippen molar-refractivity contribution in [2.75, 3.05) is 11.9 Å². The summed E-state index contributed by atoms with van der Waals surface area (Å²) < 4.78 is 0. The Morgan fingerprint density at radius 3 is 2.81 bits per heavy atom. The topological polar surface area (TPSA) is 122 Å². The van der Waals surface area contributed by atoms with Gasteiger partial charge in [0.05, 0.1) is 4.92 Å². The summed E-state index contributed by atoms with van der Waals surface area (Å²) in [7, 11) is 0. The standard InChI is InChI=1S/C18H22N4O5/c1-11-6-7-13(9-14(11)22(26)27)19-15(23)10-21-16(24)18(20-17(21)25)8-4-3-5-12(18)2/h6-7,9,12H,3-5,8,10H2,1-2H3,(H,19,23)(H,20,25)/t12-,18+/m1/s1. The molecule has 0 radical (unpaired) electrons. The highest BCUT2D eigenvalue weighted by Crippen LogP contribution is 2.38. The molecular formula is C18H22N4O5. The highest BCUT2D eigenvalue weighted by atomic mass is 16.6. The minimum absolute atomic E-state index is 0.00973. The molecule has 1 spiro atoms. The van der Waals surface area contributed by atoms with Gasteiger partial charge < -0.3 is 10.6 Å². The Hall–Kier alpha value is -2.97. The van der Waals surface area contributed by atoms with E-state index >= 15 is 0 Å². The third-order valence-electron chi connectivity index (χ3n) is 5.49. The number of nitro groups is 1. The van der Waals surface area contributed by atoms with E-state index in [1.165, 1.54) is 18.2 Å². The van der Waals surface area contributed by atoms with Crippen molar-refractivity contribution in [1.82, 2.24) is 10.2 Å². The lowest BCUT2D eigenvalue weighted by atomic mass is 9.73. The first-order valence-electron chi connectivity index (χ1n) is 8.93. The lowest BCUT2D eigenvalue weighted by molar-refractivity contribution is -0.385. The van der Waals surface area contributed by atoms with E-state index in [0.717, 1.165) is 24.2 Å². The van der Waals surface area contributed by atoms with Gasteiger partial charge in [0.2, 0.25) is 5.91 Å². The zero-order valence-electron chi connectivity index (χ0n) is 15.3. The normalized spacial score (nSPS) is 24.8. The number of imide groups is 1. The number of benzene rings is 1. The molecule has 0 aromatic heterocycles. The van der Waals surface area contributed by atoms with E-state index in [2.05, 4.69) is 10.6 Å². The maximum Gasteiger partial charge on any atom is 0.325 e. The van der Waals surface area contributed by atoms with Crippen LogP contribution >= 0.6 is 0 Å². The number of hydrogen-bond donors (Lipinski definition) is 2. The molecule has 0 bridgehead atoms. The van der Waals surface area contributed by atoms with Crippen LogP contribution in [0.1, 0.15) is 38.2 Å². The Balaban J connectivity index is 1.71. The van der Waals surface area contributed by atoms with Gasteiger partial charge in [0.1, 0.15) is 12.1 Å². The van der Waals surface area contributed by atoms with Crippen LogP contribution < -0.4 is 10.6 Å². The quantitative estimate of drug-likeness (QED) is 0.476. The number of nitrogens with zero attached hydrogens (tertiary/aromatic N) is 2. The van der Waals surface area contributed by atoms with Gasteiger partial charge in [-0.15, -0.1) is 0 Å². The van der Waals surface area contributed by atoms with Crippen molar-refractivity contribution >= 4 is 29.2 Å². The van der Waals surface area contributed by atoms with Crippen molar-refractivity contribution in [1.29, 1.82) is 0 Å². The zero-order chi connectivity index (χ0) is 19.8. The SMILES string of the molecule is Cc1ccc(NC(=O)CN2C(=O)N[C@]3(CCCC[C@H]3C)C2=O)cc1[N+](=O)[O-]. The summed E-state index contributed by atoms with van der Waals surface area (Å²) in [5.41, 5.74) is -0.318. The van der Waals surface area contributed by atoms with Gasteiger partial charge in [0, 0.05) is 17.3 Å². The number of urea groups is 1. The van der Waals surface area contributed by atoms with E-state index in [1.807, 2.05) is 6.92 Å². The summed E-state index contributed by atoms with van der Waals surface area (Å²) >= 11 is 0. The smallest absolute Gasteiger partial charge is 0.324 e. The Morgan fingerprint density at radius 2 is 2.15 bits per heavy atom. The largest absolute Gasteiger partial charge is 0.325 e. The molecule has 1 aromatic carbocycles. The van der Waals surface area contributed by atoms with Crippen LogP contribution in [0.2, 0.25) is 0 Å². The molecule has 144 valence electrons. The van der Waals surface area contributed by atoms with Crippen molar-refractivity contribution in [3.05, 3.63) is 33.9 Å². The number of amides is 4. The van der Waals surface area contributed by atoms with Crippen LogP contribution in [0, 0.1) is 23.0 Å². The molecule has 2 atom stereocenters. The lowest BCUT2D eigenvalue weighted by Gasteiger charge is -2.36. The highest BCUT2D eigenvalue weighted by molar-refractivity contribution is 6.10. The summed E-state index contributed by atoms with van der Waals surface area (Å²) in [5.74, 6) is -0.947. The van der Waals surface area contributed by atoms with E-state index in [4.69, 9.17) is 0 Å². The molecule has 1 saturated heterocycles. The fraction of sp³-hybridized carbons (Fsp3) is 0.500. The molecule has 9 nitrogen and oxygen atoms in total. The monoisotopic (exact) mass is 374 g/mol. The fourth-order valence-electron chi connectivity index (χ4n) is 3.87. The van der Waals surface area contributed by atoms with Crippen LogP contribution in [0.15, 0.2) is 18.2 Å². The lowest BCUT2D eigenvalue weighted by Crippen LogP contribution is -2.54. The number of aryl methyl sites for hydroxylation is 1. The summed E-state index contributed by atoms with van der Waals surface area (Å²) in [4.78, 5) is 48.9. The van der Waals surface area contributed by atoms with E-state index in [1.54, 1.807) is 6.92 Å². The van der Waals surface area contributed by atoms with Crippen LogP contribution in [0.5, 0.6) is 0 Å². The second kappa shape index (κ2) is 6.98. The second-order valence-corrected chi connectivity index (χ2v) is 7.25. The van der Waals surface area contributed by atoms with Gasteiger partial charge in [-0.05, 0) is 31.7 Å². The second-order valence-electron chi connectivity index (χ2n) is 7.25. The summed E-state index contributed by atoms with van der Waals surface area (Å²) in [5, 5.41) is 16.3. The van der Waals surface area contributed by atoms with E-state index in [9.17, 15) is 24.5 Å². The molecule has 1 aliphatic heterocycles. The van der Waals surface area contributed by atoms with Crippen LogP contribution in [0.25, 0.3) is 0 Å². The third-order valence-corrected chi connectivity index (χ3v) is 5.49. The molecule has 3 rings (SSSR count). The minimum atomic E-state index is -0.918. The zero-order valence-corrected chi connectivity index (χ0v) is 15.3. The van der Waals surface area contributed by atoms with Crippen molar-refractivity contribution in [3.63, 3.8) is 0 Å². The number of rotatable bonds is 4. The van der Waals surface area contributed by atoms with Crippen molar-refractivity contribution in [2.24, 2.45) is 5.92 Å². The molecule has 27 heavy (non-hydrogen) atoms. The molecule has 2 N–H and O–H groups in total. The number of carbonyl (C=O) groups is 3. The molecule has 9 heteroatoms. The maximum absolute atomic E-state index is 12.9. The van der Waals surface area contributed by atoms with Crippen molar-refractivity contribution < 1.29 is 19.3 Å². The molecule has 1 saturated carbocycles. The molecule has 0 unspecified atom stereocenters. The van der Waals surface area contributed by atoms with Gasteiger partial charge in [-0.1, -0.05) is 25.8 Å². The number of anilines is 1. The van der Waals surface area contributed by atoms with Gasteiger partial charge in [0.15, 0.2) is 0 Å². The summed E-state index contributed by atoms with van der Waals surface area (Å²) in [6.07, 6.45) is 3.28. The van der Waals surface area contributed by atoms with Gasteiger partial charge in [-0.25, -0.2) is 4.79 Å². The number of hydrogen-bond acceptors (Lipinski definition) is 5. The van der Waals surface area contributed by atoms with Crippen LogP contribution in [-0.4, -0.2) is 39.8 Å². The van der Waals surface area contributed by atoms with E-state index < -0.39 is 28.9 Å². The Morgan fingerprint density at radius 1 is 1.41 bits per heavy atom. The molecule has 2 fully saturated rings. The minimum Gasteiger partial charge on any atom is -0.324 e. The molecule has 1 aromatic rings. The molecule has 1 aliphatic carbocycles. The molecule has 4 amide bonds. The number of nitro benzene ring substituents is 1. The van der Waals surface area contributed by atoms with Crippen LogP contribution in [0.4, 0.5) is 16.2 Å². The third kappa shape index (κ3) is 3.36. The van der Waals surface area contributed by atoms with Gasteiger partial charge in [-0.3, -0.25) is 24.6 Å². The molecule has 2 aliphatic rings. The number of carbonyl (C=O) groups excluding carboxylic acids is 3. The number of nitrogens with one attached hydrogen (secondary N) is 2. The summed E-state index contributed by atoms with van der Waals surface area (Å²) in [6.45, 7) is 3.11. The van der Waals surface area contributed by atoms with E-state index in [-0.39, 0.29) is 23.2 Å². The van der Waals surface area contributed by atoms with Gasteiger partial charge in [-0.2, -0.15) is 0 Å². The maximum atomic E-state index is 12.9. The molecule has 1 heterocycles. The van der Waals surface area contributed by atoms with Gasteiger partial charge >= 0.3 is 6.03 Å². The first-order chi connectivity index (χ1) is 12.7. The Kier molecular flexibility index (Phi) is 4.86. The Labute approximate surface area is 156 Å². The van der Waals surface area contributed by atoms with Crippen LogP contribution in [-0.2, 0) is 9.59 Å². The predicted molar refractivity (Wildman–Crippen MR) is 97.1 cm³/mol.